The summed E-state index contributed by atoms with van der Waals surface area (Å²) in [5.74, 6) is 0. The van der Waals surface area contributed by atoms with E-state index in [1.807, 2.05) is 0 Å². The average molecular weight is 148 g/mol. The molecule has 10 heavy (non-hydrogen) atoms. The van der Waals surface area contributed by atoms with Crippen LogP contribution in [0.3, 0.4) is 0 Å². The molecule has 0 heterocycles. The fraction of sp³-hybridized carbons (Fsp3) is 1.00. The fourth-order valence-corrected chi connectivity index (χ4v) is 0.697. The number of hydrogen-bond donors (Lipinski definition) is 3. The first-order valence-corrected chi connectivity index (χ1v) is 3.56. The normalized spacial score (nSPS) is 16.8. The molecule has 0 aliphatic rings. The van der Waals surface area contributed by atoms with Crippen LogP contribution >= 0.6 is 0 Å². The Morgan fingerprint density at radius 2 is 1.80 bits per heavy atom. The Hall–Kier alpha value is -0.120. The molecule has 3 nitrogen and oxygen atoms in total. The van der Waals surface area contributed by atoms with Gasteiger partial charge in [-0.25, -0.2) is 0 Å². The molecule has 62 valence electrons. The summed E-state index contributed by atoms with van der Waals surface area (Å²) in [6.45, 7) is 1.53. The first kappa shape index (κ1) is 9.88. The minimum Gasteiger partial charge on any atom is -0.396 e. The second kappa shape index (κ2) is 4.66. The zero-order chi connectivity index (χ0) is 8.04. The van der Waals surface area contributed by atoms with Crippen molar-refractivity contribution >= 4 is 0 Å². The number of unbranched alkanes of at least 4 members (excludes halogenated alkanes) is 1. The number of hydrogen-bond acceptors (Lipinski definition) is 3. The van der Waals surface area contributed by atoms with E-state index >= 15 is 0 Å². The van der Waals surface area contributed by atoms with E-state index in [4.69, 9.17) is 10.2 Å². The predicted octanol–water partition coefficient (Wildman–Crippen LogP) is -0.108. The highest BCUT2D eigenvalue weighted by atomic mass is 16.3. The Labute approximate surface area is 61.3 Å². The van der Waals surface area contributed by atoms with Gasteiger partial charge < -0.3 is 15.3 Å². The second-order valence-corrected chi connectivity index (χ2v) is 2.84. The van der Waals surface area contributed by atoms with Crippen molar-refractivity contribution in [3.05, 3.63) is 0 Å². The van der Waals surface area contributed by atoms with Crippen molar-refractivity contribution in [2.75, 3.05) is 13.2 Å². The second-order valence-electron chi connectivity index (χ2n) is 2.84. The van der Waals surface area contributed by atoms with Crippen LogP contribution < -0.4 is 0 Å². The number of rotatable bonds is 5. The van der Waals surface area contributed by atoms with E-state index in [2.05, 4.69) is 0 Å². The molecule has 0 fully saturated rings. The third kappa shape index (κ3) is 4.73. The molecule has 0 rings (SSSR count). The van der Waals surface area contributed by atoms with E-state index in [0.29, 0.717) is 12.8 Å². The van der Waals surface area contributed by atoms with Gasteiger partial charge in [0.25, 0.3) is 0 Å². The van der Waals surface area contributed by atoms with Crippen LogP contribution in [-0.2, 0) is 0 Å². The van der Waals surface area contributed by atoms with Gasteiger partial charge in [-0.15, -0.1) is 0 Å². The summed E-state index contributed by atoms with van der Waals surface area (Å²) in [6.07, 6.45) is 1.99. The van der Waals surface area contributed by atoms with E-state index < -0.39 is 5.60 Å². The third-order valence-corrected chi connectivity index (χ3v) is 1.46. The molecule has 0 spiro atoms. The summed E-state index contributed by atoms with van der Waals surface area (Å²) in [7, 11) is 0. The molecule has 0 aromatic heterocycles. The summed E-state index contributed by atoms with van der Waals surface area (Å²) in [6, 6.07) is 0. The van der Waals surface area contributed by atoms with Gasteiger partial charge in [-0.2, -0.15) is 0 Å². The molecule has 0 saturated carbocycles. The van der Waals surface area contributed by atoms with Gasteiger partial charge in [0.2, 0.25) is 0 Å². The largest absolute Gasteiger partial charge is 0.396 e. The van der Waals surface area contributed by atoms with Gasteiger partial charge in [-0.1, -0.05) is 0 Å². The molecule has 0 aromatic carbocycles. The quantitative estimate of drug-likeness (QED) is 0.477. The monoisotopic (exact) mass is 148 g/mol. The Morgan fingerprint density at radius 3 is 2.20 bits per heavy atom. The van der Waals surface area contributed by atoms with E-state index in [1.165, 1.54) is 0 Å². The molecular weight excluding hydrogens is 132 g/mol. The summed E-state index contributed by atoms with van der Waals surface area (Å²) in [5.41, 5.74) is -0.963. The predicted molar refractivity (Wildman–Crippen MR) is 38.6 cm³/mol. The van der Waals surface area contributed by atoms with Gasteiger partial charge >= 0.3 is 0 Å². The molecule has 0 aliphatic carbocycles. The van der Waals surface area contributed by atoms with Crippen molar-refractivity contribution in [1.29, 1.82) is 0 Å². The minimum absolute atomic E-state index is 0.154. The maximum absolute atomic E-state index is 9.22. The van der Waals surface area contributed by atoms with Crippen molar-refractivity contribution in [2.24, 2.45) is 0 Å². The zero-order valence-electron chi connectivity index (χ0n) is 6.38. The van der Waals surface area contributed by atoms with Gasteiger partial charge in [0.15, 0.2) is 0 Å². The van der Waals surface area contributed by atoms with Gasteiger partial charge in [0.05, 0.1) is 12.2 Å². The van der Waals surface area contributed by atoms with Crippen LogP contribution in [0.5, 0.6) is 0 Å². The summed E-state index contributed by atoms with van der Waals surface area (Å²) in [5, 5.41) is 26.2. The topological polar surface area (TPSA) is 60.7 Å². The molecule has 3 heteroatoms. The van der Waals surface area contributed by atoms with Crippen molar-refractivity contribution in [2.45, 2.75) is 31.8 Å². The molecular formula is C7H16O3. The summed E-state index contributed by atoms with van der Waals surface area (Å²) in [4.78, 5) is 0. The minimum atomic E-state index is -0.963. The van der Waals surface area contributed by atoms with Crippen molar-refractivity contribution in [3.8, 4) is 0 Å². The Morgan fingerprint density at radius 1 is 1.20 bits per heavy atom. The average Bonchev–Trinajstić information content (AvgIpc) is 1.89. The molecule has 0 saturated heterocycles. The van der Waals surface area contributed by atoms with E-state index in [0.717, 1.165) is 6.42 Å². The fourth-order valence-electron chi connectivity index (χ4n) is 0.697. The van der Waals surface area contributed by atoms with Gasteiger partial charge in [0, 0.05) is 6.61 Å². The lowest BCUT2D eigenvalue weighted by molar-refractivity contribution is -0.00753. The smallest absolute Gasteiger partial charge is 0.0849 e. The molecule has 0 radical (unpaired) electrons. The van der Waals surface area contributed by atoms with Gasteiger partial charge in [-0.3, -0.25) is 0 Å². The SMILES string of the molecule is CC(O)(CO)CCCCO. The standard InChI is InChI=1S/C7H16O3/c1-7(10,6-9)4-2-3-5-8/h8-10H,2-6H2,1H3. The van der Waals surface area contributed by atoms with Crippen molar-refractivity contribution in [1.82, 2.24) is 0 Å². The first-order valence-electron chi connectivity index (χ1n) is 3.56. The highest BCUT2D eigenvalue weighted by Gasteiger charge is 2.17. The lowest BCUT2D eigenvalue weighted by Crippen LogP contribution is -2.28. The molecule has 3 N–H and O–H groups in total. The Bertz CT molecular complexity index is 80.9. The maximum Gasteiger partial charge on any atom is 0.0849 e. The zero-order valence-corrected chi connectivity index (χ0v) is 6.38. The van der Waals surface area contributed by atoms with E-state index in [1.54, 1.807) is 6.92 Å². The van der Waals surface area contributed by atoms with Crippen LogP contribution in [0.2, 0.25) is 0 Å². The van der Waals surface area contributed by atoms with Crippen molar-refractivity contribution < 1.29 is 15.3 Å². The van der Waals surface area contributed by atoms with Crippen molar-refractivity contribution in [3.63, 3.8) is 0 Å². The molecule has 1 unspecified atom stereocenters. The Kier molecular flexibility index (Phi) is 4.60. The number of aliphatic hydroxyl groups is 3. The van der Waals surface area contributed by atoms with Crippen LogP contribution in [0.25, 0.3) is 0 Å². The van der Waals surface area contributed by atoms with Crippen LogP contribution in [0.1, 0.15) is 26.2 Å². The molecule has 1 atom stereocenters. The van der Waals surface area contributed by atoms with Crippen LogP contribution in [0.15, 0.2) is 0 Å². The lowest BCUT2D eigenvalue weighted by Gasteiger charge is -2.19. The van der Waals surface area contributed by atoms with E-state index in [-0.39, 0.29) is 13.2 Å². The Balaban J connectivity index is 3.28. The molecule has 0 amide bonds. The number of aliphatic hydroxyl groups excluding tert-OH is 2. The summed E-state index contributed by atoms with van der Waals surface area (Å²) >= 11 is 0. The van der Waals surface area contributed by atoms with Crippen LogP contribution in [0, 0.1) is 0 Å². The van der Waals surface area contributed by atoms with Crippen LogP contribution in [0.4, 0.5) is 0 Å². The molecule has 0 bridgehead atoms. The van der Waals surface area contributed by atoms with E-state index in [9.17, 15) is 5.11 Å². The van der Waals surface area contributed by atoms with Gasteiger partial charge in [-0.05, 0) is 26.2 Å². The van der Waals surface area contributed by atoms with Crippen LogP contribution in [-0.4, -0.2) is 34.1 Å². The first-order chi connectivity index (χ1) is 4.62. The molecule has 0 aromatic rings. The maximum atomic E-state index is 9.22. The third-order valence-electron chi connectivity index (χ3n) is 1.46. The lowest BCUT2D eigenvalue weighted by atomic mass is 10.0. The highest BCUT2D eigenvalue weighted by Crippen LogP contribution is 2.11. The highest BCUT2D eigenvalue weighted by molar-refractivity contribution is 4.69. The molecule has 0 aliphatic heterocycles. The van der Waals surface area contributed by atoms with Gasteiger partial charge in [0.1, 0.15) is 0 Å². The summed E-state index contributed by atoms with van der Waals surface area (Å²) < 4.78 is 0.